The van der Waals surface area contributed by atoms with Gasteiger partial charge in [0.2, 0.25) is 5.95 Å². The molecule has 2 heterocycles. The van der Waals surface area contributed by atoms with Crippen molar-refractivity contribution in [2.24, 2.45) is 0 Å². The fraction of sp³-hybridized carbons (Fsp3) is 0.318. The van der Waals surface area contributed by atoms with Crippen LogP contribution in [-0.2, 0) is 0 Å². The first-order valence-corrected chi connectivity index (χ1v) is 9.71. The Morgan fingerprint density at radius 2 is 1.79 bits per heavy atom. The van der Waals surface area contributed by atoms with Crippen molar-refractivity contribution in [2.45, 2.75) is 19.3 Å². The minimum atomic E-state index is -0.164. The molecule has 144 valence electrons. The summed E-state index contributed by atoms with van der Waals surface area (Å²) in [7, 11) is 3.85. The van der Waals surface area contributed by atoms with Crippen molar-refractivity contribution in [3.05, 3.63) is 54.2 Å². The number of carbonyl (C=O) groups excluding carboxylic acids is 1. The molecule has 1 N–H and O–H groups in total. The number of nitrogens with one attached hydrogen (secondary N) is 1. The van der Waals surface area contributed by atoms with Crippen molar-refractivity contribution < 1.29 is 4.79 Å². The lowest BCUT2D eigenvalue weighted by Gasteiger charge is -2.28. The smallest absolute Gasteiger partial charge is 0.255 e. The highest BCUT2D eigenvalue weighted by atomic mass is 16.1. The van der Waals surface area contributed by atoms with Crippen LogP contribution < -0.4 is 15.1 Å². The third-order valence-electron chi connectivity index (χ3n) is 5.08. The van der Waals surface area contributed by atoms with Crippen LogP contribution in [0, 0.1) is 0 Å². The van der Waals surface area contributed by atoms with E-state index in [2.05, 4.69) is 15.2 Å². The maximum atomic E-state index is 12.8. The van der Waals surface area contributed by atoms with Crippen LogP contribution >= 0.6 is 0 Å². The first-order valence-electron chi connectivity index (χ1n) is 9.71. The summed E-state index contributed by atoms with van der Waals surface area (Å²) in [4.78, 5) is 26.2. The van der Waals surface area contributed by atoms with E-state index in [1.165, 1.54) is 19.3 Å². The van der Waals surface area contributed by atoms with Crippen LogP contribution in [0.3, 0.4) is 0 Å². The molecule has 1 aliphatic heterocycles. The molecule has 0 aliphatic carbocycles. The molecule has 0 saturated carbocycles. The van der Waals surface area contributed by atoms with Crippen molar-refractivity contribution >= 4 is 34.1 Å². The Morgan fingerprint density at radius 1 is 1.04 bits per heavy atom. The number of carbonyl (C=O) groups is 1. The lowest BCUT2D eigenvalue weighted by Crippen LogP contribution is -2.31. The molecule has 0 spiro atoms. The summed E-state index contributed by atoms with van der Waals surface area (Å²) in [6, 6.07) is 13.7. The number of rotatable bonds is 4. The van der Waals surface area contributed by atoms with Crippen LogP contribution in [0.4, 0.5) is 17.5 Å². The molecule has 1 saturated heterocycles. The zero-order valence-electron chi connectivity index (χ0n) is 16.4. The lowest BCUT2D eigenvalue weighted by atomic mass is 10.1. The minimum Gasteiger partial charge on any atom is -0.361 e. The van der Waals surface area contributed by atoms with Gasteiger partial charge in [0.1, 0.15) is 5.69 Å². The maximum Gasteiger partial charge on any atom is 0.255 e. The van der Waals surface area contributed by atoms with Gasteiger partial charge in [-0.05, 0) is 42.2 Å². The average Bonchev–Trinajstić information content (AvgIpc) is 2.74. The molecule has 0 radical (unpaired) electrons. The molecule has 4 rings (SSSR count). The van der Waals surface area contributed by atoms with E-state index < -0.39 is 0 Å². The van der Waals surface area contributed by atoms with E-state index in [9.17, 15) is 4.79 Å². The molecule has 1 fully saturated rings. The van der Waals surface area contributed by atoms with Gasteiger partial charge < -0.3 is 15.1 Å². The number of nitrogens with zero attached hydrogens (tertiary/aromatic N) is 4. The van der Waals surface area contributed by atoms with Gasteiger partial charge >= 0.3 is 0 Å². The van der Waals surface area contributed by atoms with E-state index in [4.69, 9.17) is 4.98 Å². The van der Waals surface area contributed by atoms with E-state index in [-0.39, 0.29) is 5.91 Å². The van der Waals surface area contributed by atoms with Crippen molar-refractivity contribution in [2.75, 3.05) is 42.3 Å². The third-order valence-corrected chi connectivity index (χ3v) is 5.08. The third kappa shape index (κ3) is 3.76. The van der Waals surface area contributed by atoms with Gasteiger partial charge in [-0.15, -0.1) is 0 Å². The summed E-state index contributed by atoms with van der Waals surface area (Å²) >= 11 is 0. The zero-order valence-corrected chi connectivity index (χ0v) is 16.4. The first kappa shape index (κ1) is 18.2. The van der Waals surface area contributed by atoms with Gasteiger partial charge in [0.05, 0.1) is 6.20 Å². The lowest BCUT2D eigenvalue weighted by molar-refractivity contribution is 0.102. The highest BCUT2D eigenvalue weighted by Crippen LogP contribution is 2.26. The molecular formula is C22H25N5O. The molecule has 1 aromatic heterocycles. The van der Waals surface area contributed by atoms with E-state index >= 15 is 0 Å². The van der Waals surface area contributed by atoms with Gasteiger partial charge in [0, 0.05) is 32.7 Å². The van der Waals surface area contributed by atoms with Gasteiger partial charge in [0.15, 0.2) is 5.82 Å². The second-order valence-corrected chi connectivity index (χ2v) is 7.37. The summed E-state index contributed by atoms with van der Waals surface area (Å²) in [6.45, 7) is 1.96. The normalized spacial score (nSPS) is 14.1. The van der Waals surface area contributed by atoms with E-state index in [1.807, 2.05) is 61.5 Å². The number of amides is 1. The molecular weight excluding hydrogens is 350 g/mol. The number of hydrogen-bond acceptors (Lipinski definition) is 5. The molecule has 6 nitrogen and oxygen atoms in total. The quantitative estimate of drug-likeness (QED) is 0.748. The molecule has 2 aromatic carbocycles. The average molecular weight is 375 g/mol. The Kier molecular flexibility index (Phi) is 5.10. The molecule has 0 bridgehead atoms. The van der Waals surface area contributed by atoms with Crippen LogP contribution in [-0.4, -0.2) is 43.1 Å². The summed E-state index contributed by atoms with van der Waals surface area (Å²) in [5.74, 6) is 1.28. The largest absolute Gasteiger partial charge is 0.361 e. The monoisotopic (exact) mass is 375 g/mol. The van der Waals surface area contributed by atoms with Crippen LogP contribution in [0.2, 0.25) is 0 Å². The fourth-order valence-electron chi connectivity index (χ4n) is 3.56. The van der Waals surface area contributed by atoms with Crippen molar-refractivity contribution in [1.29, 1.82) is 0 Å². The number of fused-ring (bicyclic) bond motifs is 1. The SMILES string of the molecule is CN(C)c1nc(N2CCCCC2)ncc1NC(=O)c1ccc2ccccc2c1. The fourth-order valence-corrected chi connectivity index (χ4v) is 3.56. The van der Waals surface area contributed by atoms with Gasteiger partial charge in [-0.25, -0.2) is 4.98 Å². The highest BCUT2D eigenvalue weighted by Gasteiger charge is 2.18. The second kappa shape index (κ2) is 7.84. The van der Waals surface area contributed by atoms with E-state index in [1.54, 1.807) is 6.20 Å². The summed E-state index contributed by atoms with van der Waals surface area (Å²) in [5, 5.41) is 5.13. The van der Waals surface area contributed by atoms with Gasteiger partial charge in [-0.2, -0.15) is 4.98 Å². The Balaban J connectivity index is 1.59. The molecule has 3 aromatic rings. The summed E-state index contributed by atoms with van der Waals surface area (Å²) < 4.78 is 0. The van der Waals surface area contributed by atoms with Gasteiger partial charge in [-0.3, -0.25) is 4.79 Å². The van der Waals surface area contributed by atoms with Crippen LogP contribution in [0.25, 0.3) is 10.8 Å². The molecule has 0 unspecified atom stereocenters. The molecule has 1 aliphatic rings. The van der Waals surface area contributed by atoms with Crippen molar-refractivity contribution in [1.82, 2.24) is 9.97 Å². The molecule has 1 amide bonds. The van der Waals surface area contributed by atoms with Crippen LogP contribution in [0.5, 0.6) is 0 Å². The van der Waals surface area contributed by atoms with Gasteiger partial charge in [0.25, 0.3) is 5.91 Å². The highest BCUT2D eigenvalue weighted by molar-refractivity contribution is 6.07. The Labute approximate surface area is 165 Å². The number of benzene rings is 2. The predicted octanol–water partition coefficient (Wildman–Crippen LogP) is 3.94. The second-order valence-electron chi connectivity index (χ2n) is 7.37. The summed E-state index contributed by atoms with van der Waals surface area (Å²) in [5.41, 5.74) is 1.23. The standard InChI is InChI=1S/C22H25N5O/c1-26(2)20-19(15-23-22(25-20)27-12-6-3-7-13-27)24-21(28)18-11-10-16-8-4-5-9-17(16)14-18/h4-5,8-11,14-15H,3,6-7,12-13H2,1-2H3,(H,24,28). The maximum absolute atomic E-state index is 12.8. The molecule has 28 heavy (non-hydrogen) atoms. The topological polar surface area (TPSA) is 61.4 Å². The van der Waals surface area contributed by atoms with E-state index in [0.717, 1.165) is 29.8 Å². The van der Waals surface area contributed by atoms with Crippen LogP contribution in [0.1, 0.15) is 29.6 Å². The number of aromatic nitrogens is 2. The first-order chi connectivity index (χ1) is 13.6. The molecule has 0 atom stereocenters. The van der Waals surface area contributed by atoms with E-state index in [0.29, 0.717) is 17.1 Å². The van der Waals surface area contributed by atoms with Gasteiger partial charge in [-0.1, -0.05) is 30.3 Å². The van der Waals surface area contributed by atoms with Crippen molar-refractivity contribution in [3.8, 4) is 0 Å². The molecule has 6 heteroatoms. The Morgan fingerprint density at radius 3 is 2.54 bits per heavy atom. The number of piperidine rings is 1. The van der Waals surface area contributed by atoms with Crippen molar-refractivity contribution in [3.63, 3.8) is 0 Å². The number of hydrogen-bond donors (Lipinski definition) is 1. The van der Waals surface area contributed by atoms with Crippen LogP contribution in [0.15, 0.2) is 48.7 Å². The zero-order chi connectivity index (χ0) is 19.5. The Bertz CT molecular complexity index is 995. The summed E-state index contributed by atoms with van der Waals surface area (Å²) in [6.07, 6.45) is 5.31. The predicted molar refractivity (Wildman–Crippen MR) is 114 cm³/mol. The Hall–Kier alpha value is -3.15. The number of anilines is 3. The minimum absolute atomic E-state index is 0.164.